The number of esters is 2. The topological polar surface area (TPSA) is 110 Å². The summed E-state index contributed by atoms with van der Waals surface area (Å²) in [5.74, 6) is 0.0493. The standard InChI is InChI=1S/C42H72O7/c1-4-5-19-26-37(43)30-31-39-36(29-32-40(39)45)25-21-17-18-23-28-42(47)49-34-38(44)33-48-41(46)27-22-16-14-12-10-8-6-7-9-11-13-15-20-24-35(2)3/h17,21,29-32,35-39,43-44H,4-16,18-20,22-28,33-34H2,1-3H3/b21-17-,31-30+/t36-,37-,38-,39+/m0/s1. The molecular weight excluding hydrogens is 616 g/mol. The summed E-state index contributed by atoms with van der Waals surface area (Å²) in [6, 6.07) is 0. The van der Waals surface area contributed by atoms with Crippen molar-refractivity contribution in [1.29, 1.82) is 0 Å². The van der Waals surface area contributed by atoms with E-state index in [1.165, 1.54) is 70.6 Å². The molecule has 0 aliphatic heterocycles. The summed E-state index contributed by atoms with van der Waals surface area (Å²) >= 11 is 0. The third-order valence-corrected chi connectivity index (χ3v) is 9.30. The zero-order valence-electron chi connectivity index (χ0n) is 31.5. The average Bonchev–Trinajstić information content (AvgIpc) is 3.43. The van der Waals surface area contributed by atoms with Crippen LogP contribution in [-0.2, 0) is 23.9 Å². The van der Waals surface area contributed by atoms with E-state index < -0.39 is 18.2 Å². The molecule has 7 heteroatoms. The molecule has 282 valence electrons. The fourth-order valence-electron chi connectivity index (χ4n) is 6.14. The number of hydrogen-bond donors (Lipinski definition) is 2. The molecule has 0 aromatic heterocycles. The van der Waals surface area contributed by atoms with E-state index in [2.05, 4.69) is 20.8 Å². The molecule has 49 heavy (non-hydrogen) atoms. The smallest absolute Gasteiger partial charge is 0.305 e. The zero-order valence-corrected chi connectivity index (χ0v) is 31.5. The second-order valence-corrected chi connectivity index (χ2v) is 14.5. The minimum atomic E-state index is -1.03. The molecule has 0 radical (unpaired) electrons. The Labute approximate surface area is 299 Å². The summed E-state index contributed by atoms with van der Waals surface area (Å²) in [4.78, 5) is 36.3. The first-order valence-electron chi connectivity index (χ1n) is 20.0. The highest BCUT2D eigenvalue weighted by atomic mass is 16.6. The van der Waals surface area contributed by atoms with Gasteiger partial charge in [-0.05, 0) is 50.0 Å². The van der Waals surface area contributed by atoms with Gasteiger partial charge in [0.25, 0.3) is 0 Å². The third kappa shape index (κ3) is 26.3. The average molecular weight is 689 g/mol. The fourth-order valence-corrected chi connectivity index (χ4v) is 6.14. The molecular formula is C42H72O7. The van der Waals surface area contributed by atoms with Gasteiger partial charge < -0.3 is 19.7 Å². The Morgan fingerprint density at radius 3 is 1.84 bits per heavy atom. The van der Waals surface area contributed by atoms with Crippen molar-refractivity contribution in [2.45, 2.75) is 181 Å². The number of aliphatic hydroxyl groups excluding tert-OH is 2. The van der Waals surface area contributed by atoms with Crippen molar-refractivity contribution in [3.8, 4) is 0 Å². The Morgan fingerprint density at radius 2 is 1.27 bits per heavy atom. The van der Waals surface area contributed by atoms with E-state index in [0.29, 0.717) is 19.3 Å². The lowest BCUT2D eigenvalue weighted by atomic mass is 9.90. The van der Waals surface area contributed by atoms with Crippen LogP contribution in [0.1, 0.15) is 168 Å². The van der Waals surface area contributed by atoms with Crippen LogP contribution in [0.5, 0.6) is 0 Å². The van der Waals surface area contributed by atoms with E-state index in [9.17, 15) is 24.6 Å². The van der Waals surface area contributed by atoms with Gasteiger partial charge in [0, 0.05) is 18.8 Å². The van der Waals surface area contributed by atoms with Crippen molar-refractivity contribution in [1.82, 2.24) is 0 Å². The van der Waals surface area contributed by atoms with E-state index in [1.54, 1.807) is 12.2 Å². The molecule has 0 aromatic rings. The van der Waals surface area contributed by atoms with Crippen molar-refractivity contribution >= 4 is 17.7 Å². The molecule has 0 fully saturated rings. The normalized spacial score (nSPS) is 17.5. The first-order valence-corrected chi connectivity index (χ1v) is 20.0. The maximum Gasteiger partial charge on any atom is 0.305 e. The maximum absolute atomic E-state index is 12.3. The highest BCUT2D eigenvalue weighted by Gasteiger charge is 2.27. The summed E-state index contributed by atoms with van der Waals surface area (Å²) in [6.07, 6.45) is 33.9. The molecule has 1 aliphatic carbocycles. The minimum absolute atomic E-state index is 0.0742. The number of carbonyl (C=O) groups is 3. The van der Waals surface area contributed by atoms with Crippen molar-refractivity contribution in [3.63, 3.8) is 0 Å². The lowest BCUT2D eigenvalue weighted by Crippen LogP contribution is -2.25. The molecule has 1 aliphatic rings. The van der Waals surface area contributed by atoms with Crippen molar-refractivity contribution in [3.05, 3.63) is 36.5 Å². The van der Waals surface area contributed by atoms with Gasteiger partial charge in [0.2, 0.25) is 0 Å². The van der Waals surface area contributed by atoms with Gasteiger partial charge in [-0.3, -0.25) is 14.4 Å². The van der Waals surface area contributed by atoms with Crippen LogP contribution in [0.2, 0.25) is 0 Å². The highest BCUT2D eigenvalue weighted by Crippen LogP contribution is 2.27. The van der Waals surface area contributed by atoms with Crippen LogP contribution < -0.4 is 0 Å². The number of ether oxygens (including phenoxy) is 2. The van der Waals surface area contributed by atoms with Crippen molar-refractivity contribution < 1.29 is 34.1 Å². The first-order chi connectivity index (χ1) is 23.7. The minimum Gasteiger partial charge on any atom is -0.463 e. The van der Waals surface area contributed by atoms with Gasteiger partial charge in [-0.15, -0.1) is 0 Å². The highest BCUT2D eigenvalue weighted by molar-refractivity contribution is 5.95. The number of carbonyl (C=O) groups excluding carboxylic acids is 3. The maximum atomic E-state index is 12.3. The molecule has 4 atom stereocenters. The molecule has 2 N–H and O–H groups in total. The largest absolute Gasteiger partial charge is 0.463 e. The van der Waals surface area contributed by atoms with Gasteiger partial charge in [0.15, 0.2) is 5.78 Å². The van der Waals surface area contributed by atoms with Gasteiger partial charge in [-0.25, -0.2) is 0 Å². The van der Waals surface area contributed by atoms with Gasteiger partial charge in [-0.2, -0.15) is 0 Å². The number of rotatable bonds is 32. The van der Waals surface area contributed by atoms with E-state index in [0.717, 1.165) is 57.3 Å². The monoisotopic (exact) mass is 689 g/mol. The van der Waals surface area contributed by atoms with Crippen LogP contribution in [-0.4, -0.2) is 53.4 Å². The van der Waals surface area contributed by atoms with Crippen LogP contribution in [0.3, 0.4) is 0 Å². The molecule has 0 heterocycles. The molecule has 0 saturated heterocycles. The van der Waals surface area contributed by atoms with Crippen molar-refractivity contribution in [2.24, 2.45) is 17.8 Å². The van der Waals surface area contributed by atoms with Crippen LogP contribution in [0, 0.1) is 17.8 Å². The predicted octanol–water partition coefficient (Wildman–Crippen LogP) is 9.93. The van der Waals surface area contributed by atoms with Gasteiger partial charge in [0.05, 0.1) is 6.10 Å². The van der Waals surface area contributed by atoms with E-state index >= 15 is 0 Å². The zero-order chi connectivity index (χ0) is 36.0. The van der Waals surface area contributed by atoms with E-state index in [1.807, 2.05) is 24.3 Å². The molecule has 0 saturated carbocycles. The van der Waals surface area contributed by atoms with Gasteiger partial charge in [0.1, 0.15) is 19.3 Å². The number of unbranched alkanes of at least 4 members (excludes halogenated alkanes) is 15. The second kappa shape index (κ2) is 30.6. The van der Waals surface area contributed by atoms with Crippen molar-refractivity contribution in [2.75, 3.05) is 13.2 Å². The molecule has 0 spiro atoms. The van der Waals surface area contributed by atoms with E-state index in [4.69, 9.17) is 9.47 Å². The van der Waals surface area contributed by atoms with Crippen LogP contribution in [0.25, 0.3) is 0 Å². The second-order valence-electron chi connectivity index (χ2n) is 14.5. The SMILES string of the molecule is CCCCC[C@H](O)/C=C/[C@H]1C(=O)C=C[C@@H]1C/C=C\CCCC(=O)OC[C@@H](O)COC(=O)CCCCCCCCCCCCCCCC(C)C. The summed E-state index contributed by atoms with van der Waals surface area (Å²) < 4.78 is 10.3. The van der Waals surface area contributed by atoms with Crippen LogP contribution >= 0.6 is 0 Å². The van der Waals surface area contributed by atoms with Crippen LogP contribution in [0.15, 0.2) is 36.5 Å². The number of hydrogen-bond acceptors (Lipinski definition) is 7. The summed E-state index contributed by atoms with van der Waals surface area (Å²) in [7, 11) is 0. The first kappa shape index (κ1) is 44.8. The molecule has 0 amide bonds. The lowest BCUT2D eigenvalue weighted by molar-refractivity contribution is -0.152. The Balaban J connectivity index is 1.99. The predicted molar refractivity (Wildman–Crippen MR) is 200 cm³/mol. The summed E-state index contributed by atoms with van der Waals surface area (Å²) in [5.41, 5.74) is 0. The molecule has 0 unspecified atom stereocenters. The quantitative estimate of drug-likeness (QED) is 0.0411. The molecule has 0 aromatic carbocycles. The van der Waals surface area contributed by atoms with E-state index in [-0.39, 0.29) is 43.2 Å². The number of allylic oxidation sites excluding steroid dienone is 5. The summed E-state index contributed by atoms with van der Waals surface area (Å²) in [5, 5.41) is 20.2. The Hall–Kier alpha value is -2.25. The van der Waals surface area contributed by atoms with Crippen LogP contribution in [0.4, 0.5) is 0 Å². The fraction of sp³-hybridized carbons (Fsp3) is 0.786. The number of ketones is 1. The number of aliphatic hydroxyl groups is 2. The lowest BCUT2D eigenvalue weighted by Gasteiger charge is -2.13. The summed E-state index contributed by atoms with van der Waals surface area (Å²) in [6.45, 7) is 6.38. The Morgan fingerprint density at radius 1 is 0.735 bits per heavy atom. The third-order valence-electron chi connectivity index (χ3n) is 9.30. The molecule has 1 rings (SSSR count). The van der Waals surface area contributed by atoms with Gasteiger partial charge in [-0.1, -0.05) is 154 Å². The Kier molecular flexibility index (Phi) is 27.9. The molecule has 0 bridgehead atoms. The molecule has 7 nitrogen and oxygen atoms in total. The Bertz CT molecular complexity index is 937. The van der Waals surface area contributed by atoms with Gasteiger partial charge >= 0.3 is 11.9 Å².